The van der Waals surface area contributed by atoms with Gasteiger partial charge in [0.2, 0.25) is 0 Å². The molecular weight excluding hydrogens is 314 g/mol. The van der Waals surface area contributed by atoms with Crippen LogP contribution < -0.4 is 0 Å². The summed E-state index contributed by atoms with van der Waals surface area (Å²) in [6.07, 6.45) is 2.63. The monoisotopic (exact) mass is 347 g/mol. The Morgan fingerprint density at radius 3 is 2.33 bits per heavy atom. The lowest BCUT2D eigenvalue weighted by Gasteiger charge is -2.20. The van der Waals surface area contributed by atoms with Crippen LogP contribution in [-0.4, -0.2) is 72.1 Å². The fraction of sp³-hybridized carbons (Fsp3) is 1.00. The van der Waals surface area contributed by atoms with Crippen LogP contribution in [0.5, 0.6) is 0 Å². The van der Waals surface area contributed by atoms with Crippen molar-refractivity contribution in [2.24, 2.45) is 5.11 Å². The van der Waals surface area contributed by atoms with Crippen LogP contribution in [-0.2, 0) is 23.7 Å². The smallest absolute Gasteiger partial charge is 0.0704 e. The summed E-state index contributed by atoms with van der Waals surface area (Å²) in [5.74, 6) is 0. The first-order valence-electron chi connectivity index (χ1n) is 8.63. The van der Waals surface area contributed by atoms with Crippen LogP contribution in [0.2, 0.25) is 0 Å². The molecule has 0 aromatic carbocycles. The Morgan fingerprint density at radius 2 is 1.62 bits per heavy atom. The highest BCUT2D eigenvalue weighted by Crippen LogP contribution is 2.11. The highest BCUT2D eigenvalue weighted by Gasteiger charge is 2.12. The van der Waals surface area contributed by atoms with Gasteiger partial charge in [-0.1, -0.05) is 5.11 Å². The minimum absolute atomic E-state index is 0.0412. The Bertz CT molecular complexity index is 314. The van der Waals surface area contributed by atoms with Gasteiger partial charge in [-0.3, -0.25) is 0 Å². The highest BCUT2D eigenvalue weighted by molar-refractivity contribution is 4.64. The summed E-state index contributed by atoms with van der Waals surface area (Å²) in [5, 5.41) is 3.58. The summed E-state index contributed by atoms with van der Waals surface area (Å²) in [4.78, 5) is 2.78. The Hall–Kier alpha value is -0.890. The van der Waals surface area contributed by atoms with E-state index in [-0.39, 0.29) is 12.2 Å². The molecule has 0 aliphatic rings. The van der Waals surface area contributed by atoms with Crippen molar-refractivity contribution in [3.8, 4) is 0 Å². The van der Waals surface area contributed by atoms with Crippen molar-refractivity contribution >= 4 is 0 Å². The molecule has 142 valence electrons. The van der Waals surface area contributed by atoms with Crippen molar-refractivity contribution in [1.82, 2.24) is 0 Å². The lowest BCUT2D eigenvalue weighted by atomic mass is 10.1. The quantitative estimate of drug-likeness (QED) is 0.164. The molecule has 0 radical (unpaired) electrons. The molecule has 2 unspecified atom stereocenters. The summed E-state index contributed by atoms with van der Waals surface area (Å²) in [6, 6.07) is 0. The van der Waals surface area contributed by atoms with Crippen molar-refractivity contribution in [3.05, 3.63) is 10.4 Å². The van der Waals surface area contributed by atoms with Crippen molar-refractivity contribution < 1.29 is 23.7 Å². The molecule has 0 fully saturated rings. The molecule has 0 saturated heterocycles. The maximum Gasteiger partial charge on any atom is 0.0704 e. The minimum atomic E-state index is 0.0412. The van der Waals surface area contributed by atoms with Gasteiger partial charge in [0.15, 0.2) is 0 Å². The standard InChI is InChI=1S/C16H33N3O5/c1-4-21-10-11-22-12-14-24-16(7-8-18-19-17)6-5-15(2)23-13-9-20-3/h15-16H,4-14H2,1-3H3. The van der Waals surface area contributed by atoms with Gasteiger partial charge in [0.25, 0.3) is 0 Å². The fourth-order valence-electron chi connectivity index (χ4n) is 2.03. The normalized spacial score (nSPS) is 13.5. The maximum absolute atomic E-state index is 8.39. The van der Waals surface area contributed by atoms with Gasteiger partial charge < -0.3 is 23.7 Å². The molecule has 24 heavy (non-hydrogen) atoms. The van der Waals surface area contributed by atoms with E-state index >= 15 is 0 Å². The molecule has 8 heteroatoms. The lowest BCUT2D eigenvalue weighted by molar-refractivity contribution is -0.0246. The Balaban J connectivity index is 3.88. The topological polar surface area (TPSA) is 94.9 Å². The van der Waals surface area contributed by atoms with Gasteiger partial charge in [-0.25, -0.2) is 0 Å². The van der Waals surface area contributed by atoms with Crippen LogP contribution in [0, 0.1) is 0 Å². The van der Waals surface area contributed by atoms with E-state index in [2.05, 4.69) is 10.0 Å². The summed E-state index contributed by atoms with van der Waals surface area (Å²) < 4.78 is 27.1. The average molecular weight is 347 g/mol. The zero-order valence-corrected chi connectivity index (χ0v) is 15.3. The van der Waals surface area contributed by atoms with Gasteiger partial charge in [0, 0.05) is 25.2 Å². The SMILES string of the molecule is CCOCCOCCOC(CCN=[N+]=[N-])CCC(C)OCCOC. The average Bonchev–Trinajstić information content (AvgIpc) is 2.58. The fourth-order valence-corrected chi connectivity index (χ4v) is 2.03. The molecular formula is C16H33N3O5. The van der Waals surface area contributed by atoms with Crippen molar-refractivity contribution in [1.29, 1.82) is 0 Å². The molecule has 0 aliphatic carbocycles. The molecule has 0 rings (SSSR count). The summed E-state index contributed by atoms with van der Waals surface area (Å²) in [7, 11) is 1.66. The molecule has 0 aromatic rings. The van der Waals surface area contributed by atoms with Crippen molar-refractivity contribution in [2.75, 3.05) is 59.9 Å². The number of methoxy groups -OCH3 is 1. The van der Waals surface area contributed by atoms with Crippen molar-refractivity contribution in [2.45, 2.75) is 45.3 Å². The highest BCUT2D eigenvalue weighted by atomic mass is 16.5. The number of nitrogens with zero attached hydrogens (tertiary/aromatic N) is 3. The van der Waals surface area contributed by atoms with Gasteiger partial charge in [0.05, 0.1) is 51.8 Å². The molecule has 0 bridgehead atoms. The van der Waals surface area contributed by atoms with E-state index in [9.17, 15) is 0 Å². The molecule has 0 saturated carbocycles. The van der Waals surface area contributed by atoms with E-state index in [0.717, 1.165) is 12.8 Å². The van der Waals surface area contributed by atoms with Crippen LogP contribution in [0.15, 0.2) is 5.11 Å². The number of rotatable bonds is 18. The van der Waals surface area contributed by atoms with Crippen LogP contribution in [0.1, 0.15) is 33.1 Å². The Labute approximate surface area is 145 Å². The van der Waals surface area contributed by atoms with Gasteiger partial charge in [-0.2, -0.15) is 0 Å². The third kappa shape index (κ3) is 16.0. The molecule has 0 N–H and O–H groups in total. The van der Waals surface area contributed by atoms with Gasteiger partial charge >= 0.3 is 0 Å². The second-order valence-electron chi connectivity index (χ2n) is 5.30. The molecule has 0 spiro atoms. The zero-order valence-electron chi connectivity index (χ0n) is 15.3. The predicted molar refractivity (Wildman–Crippen MR) is 92.2 cm³/mol. The first-order chi connectivity index (χ1) is 11.7. The zero-order chi connectivity index (χ0) is 17.9. The molecule has 0 aliphatic heterocycles. The van der Waals surface area contributed by atoms with E-state index in [0.29, 0.717) is 59.2 Å². The molecule has 2 atom stereocenters. The van der Waals surface area contributed by atoms with Crippen LogP contribution in [0.3, 0.4) is 0 Å². The first-order valence-corrected chi connectivity index (χ1v) is 8.63. The van der Waals surface area contributed by atoms with E-state index < -0.39 is 0 Å². The summed E-state index contributed by atoms with van der Waals surface area (Å²) >= 11 is 0. The second-order valence-corrected chi connectivity index (χ2v) is 5.30. The lowest BCUT2D eigenvalue weighted by Crippen LogP contribution is -2.21. The number of hydrogen-bond acceptors (Lipinski definition) is 6. The first kappa shape index (κ1) is 23.1. The number of hydrogen-bond donors (Lipinski definition) is 0. The Kier molecular flexibility index (Phi) is 17.8. The minimum Gasteiger partial charge on any atom is -0.382 e. The molecule has 0 aromatic heterocycles. The van der Waals surface area contributed by atoms with Gasteiger partial charge in [-0.15, -0.1) is 0 Å². The Morgan fingerprint density at radius 1 is 0.917 bits per heavy atom. The van der Waals surface area contributed by atoms with E-state index in [4.69, 9.17) is 29.2 Å². The van der Waals surface area contributed by atoms with Crippen molar-refractivity contribution in [3.63, 3.8) is 0 Å². The number of ether oxygens (including phenoxy) is 5. The van der Waals surface area contributed by atoms with E-state index in [1.165, 1.54) is 0 Å². The summed E-state index contributed by atoms with van der Waals surface area (Å²) in [5.41, 5.74) is 8.39. The van der Waals surface area contributed by atoms with Crippen LogP contribution >= 0.6 is 0 Å². The predicted octanol–water partition coefficient (Wildman–Crippen LogP) is 2.96. The molecule has 8 nitrogen and oxygen atoms in total. The third-order valence-corrected chi connectivity index (χ3v) is 3.36. The van der Waals surface area contributed by atoms with Gasteiger partial charge in [0.1, 0.15) is 0 Å². The second kappa shape index (κ2) is 18.4. The number of azide groups is 1. The third-order valence-electron chi connectivity index (χ3n) is 3.36. The van der Waals surface area contributed by atoms with E-state index in [1.54, 1.807) is 7.11 Å². The van der Waals surface area contributed by atoms with Gasteiger partial charge in [-0.05, 0) is 38.6 Å². The maximum atomic E-state index is 8.39. The van der Waals surface area contributed by atoms with Crippen LogP contribution in [0.4, 0.5) is 0 Å². The molecule has 0 amide bonds. The van der Waals surface area contributed by atoms with E-state index in [1.807, 2.05) is 13.8 Å². The largest absolute Gasteiger partial charge is 0.382 e. The molecule has 0 heterocycles. The van der Waals surface area contributed by atoms with Crippen LogP contribution in [0.25, 0.3) is 10.4 Å². The summed E-state index contributed by atoms with van der Waals surface area (Å²) in [6.45, 7) is 8.55.